The molecule has 7 heteroatoms. The van der Waals surface area contributed by atoms with Gasteiger partial charge in [0, 0.05) is 20.6 Å². The van der Waals surface area contributed by atoms with E-state index in [-0.39, 0.29) is 17.9 Å². The SMILES string of the molecule is C[C@@H](O)[C@H]1C(=O)N2C(C(=O)OSc3ccccc3)=C(Sc3ccccc3)[C@H](C)[C@H]12. The molecule has 5 nitrogen and oxygen atoms in total. The summed E-state index contributed by atoms with van der Waals surface area (Å²) in [6.45, 7) is 3.62. The first-order chi connectivity index (χ1) is 14.0. The maximum absolute atomic E-state index is 13.0. The summed E-state index contributed by atoms with van der Waals surface area (Å²) in [5.41, 5.74) is 0.293. The standard InChI is InChI=1S/C22H21NO4S2/c1-13-18-17(14(2)24)21(25)23(18)19(20(13)28-15-9-5-3-6-10-15)22(26)27-29-16-11-7-4-8-12-16/h3-14,17-18,24H,1-2H3/t13-,14-,17-,18-/m1/s1. The average Bonchev–Trinajstić information content (AvgIpc) is 2.96. The fraction of sp³-hybridized carbons (Fsp3) is 0.273. The van der Waals surface area contributed by atoms with Crippen LogP contribution in [0.15, 0.2) is 81.1 Å². The maximum Gasteiger partial charge on any atom is 0.368 e. The van der Waals surface area contributed by atoms with E-state index in [1.165, 1.54) is 16.7 Å². The van der Waals surface area contributed by atoms with Gasteiger partial charge in [0.1, 0.15) is 5.70 Å². The number of fused-ring (bicyclic) bond motifs is 1. The van der Waals surface area contributed by atoms with Crippen LogP contribution in [0.3, 0.4) is 0 Å². The quantitative estimate of drug-likeness (QED) is 0.553. The number of aliphatic hydroxyl groups excluding tert-OH is 1. The summed E-state index contributed by atoms with van der Waals surface area (Å²) in [6, 6.07) is 18.8. The molecule has 1 amide bonds. The largest absolute Gasteiger partial charge is 0.393 e. The van der Waals surface area contributed by atoms with E-state index in [0.717, 1.165) is 26.7 Å². The number of hydrogen-bond acceptors (Lipinski definition) is 6. The van der Waals surface area contributed by atoms with Gasteiger partial charge in [0.2, 0.25) is 5.91 Å². The monoisotopic (exact) mass is 427 g/mol. The molecule has 0 spiro atoms. The van der Waals surface area contributed by atoms with Crippen LogP contribution >= 0.6 is 23.8 Å². The zero-order valence-corrected chi connectivity index (χ0v) is 17.7. The Morgan fingerprint density at radius 3 is 2.24 bits per heavy atom. The number of hydrogen-bond donors (Lipinski definition) is 1. The van der Waals surface area contributed by atoms with Gasteiger partial charge in [0.15, 0.2) is 0 Å². The van der Waals surface area contributed by atoms with Crippen molar-refractivity contribution in [2.75, 3.05) is 0 Å². The van der Waals surface area contributed by atoms with Crippen molar-refractivity contribution in [2.45, 2.75) is 35.8 Å². The van der Waals surface area contributed by atoms with E-state index in [1.807, 2.05) is 67.6 Å². The van der Waals surface area contributed by atoms with Crippen LogP contribution in [0.1, 0.15) is 13.8 Å². The molecule has 2 aliphatic rings. The third-order valence-corrected chi connectivity index (χ3v) is 7.22. The Morgan fingerprint density at radius 1 is 1.07 bits per heavy atom. The molecular formula is C22H21NO4S2. The van der Waals surface area contributed by atoms with E-state index < -0.39 is 18.0 Å². The number of rotatable bonds is 6. The molecule has 0 unspecified atom stereocenters. The van der Waals surface area contributed by atoms with E-state index in [1.54, 1.807) is 6.92 Å². The van der Waals surface area contributed by atoms with Gasteiger partial charge < -0.3 is 14.2 Å². The second-order valence-electron chi connectivity index (χ2n) is 7.15. The third kappa shape index (κ3) is 3.70. The third-order valence-electron chi connectivity index (χ3n) is 5.23. The van der Waals surface area contributed by atoms with Gasteiger partial charge in [0.05, 0.1) is 30.1 Å². The van der Waals surface area contributed by atoms with Crippen molar-refractivity contribution >= 4 is 35.7 Å². The normalized spacial score (nSPS) is 24.2. The number of amides is 1. The van der Waals surface area contributed by atoms with Crippen LogP contribution in [0.25, 0.3) is 0 Å². The molecule has 4 atom stereocenters. The van der Waals surface area contributed by atoms with Gasteiger partial charge in [-0.25, -0.2) is 4.79 Å². The zero-order valence-electron chi connectivity index (χ0n) is 16.0. The molecule has 2 heterocycles. The van der Waals surface area contributed by atoms with E-state index in [0.29, 0.717) is 5.70 Å². The molecule has 4 rings (SSSR count). The second-order valence-corrected chi connectivity index (χ2v) is 9.07. The minimum absolute atomic E-state index is 0.0678. The summed E-state index contributed by atoms with van der Waals surface area (Å²) in [5, 5.41) is 10.1. The Bertz CT molecular complexity index is 946. The highest BCUT2D eigenvalue weighted by Gasteiger charge is 2.60. The summed E-state index contributed by atoms with van der Waals surface area (Å²) in [5.74, 6) is -1.33. The number of aliphatic hydroxyl groups is 1. The molecule has 1 saturated heterocycles. The average molecular weight is 428 g/mol. The topological polar surface area (TPSA) is 66.8 Å². The second kappa shape index (κ2) is 8.26. The molecule has 2 aromatic carbocycles. The Labute approximate surface area is 178 Å². The Morgan fingerprint density at radius 2 is 1.66 bits per heavy atom. The van der Waals surface area contributed by atoms with E-state index in [9.17, 15) is 14.7 Å². The van der Waals surface area contributed by atoms with Crippen molar-refractivity contribution in [3.05, 3.63) is 71.3 Å². The highest BCUT2D eigenvalue weighted by molar-refractivity contribution is 8.03. The van der Waals surface area contributed by atoms with E-state index in [4.69, 9.17) is 4.18 Å². The predicted octanol–water partition coefficient (Wildman–Crippen LogP) is 4.10. The Kier molecular flexibility index (Phi) is 5.72. The van der Waals surface area contributed by atoms with E-state index in [2.05, 4.69) is 0 Å². The van der Waals surface area contributed by atoms with E-state index >= 15 is 0 Å². The first-order valence-electron chi connectivity index (χ1n) is 9.41. The van der Waals surface area contributed by atoms with Crippen molar-refractivity contribution in [1.29, 1.82) is 0 Å². The minimum atomic E-state index is -0.761. The first-order valence-corrected chi connectivity index (χ1v) is 11.0. The molecular weight excluding hydrogens is 406 g/mol. The van der Waals surface area contributed by atoms with Gasteiger partial charge in [-0.05, 0) is 31.2 Å². The van der Waals surface area contributed by atoms with Crippen molar-refractivity contribution in [3.8, 4) is 0 Å². The lowest BCUT2D eigenvalue weighted by molar-refractivity contribution is -0.162. The van der Waals surface area contributed by atoms with Crippen LogP contribution in [0, 0.1) is 11.8 Å². The number of benzene rings is 2. The van der Waals surface area contributed by atoms with Gasteiger partial charge >= 0.3 is 5.97 Å². The fourth-order valence-corrected chi connectivity index (χ4v) is 5.53. The van der Waals surface area contributed by atoms with Gasteiger partial charge in [0.25, 0.3) is 0 Å². The smallest absolute Gasteiger partial charge is 0.368 e. The summed E-state index contributed by atoms with van der Waals surface area (Å²) in [7, 11) is 0. The molecule has 0 radical (unpaired) electrons. The van der Waals surface area contributed by atoms with Gasteiger partial charge in [-0.2, -0.15) is 0 Å². The predicted molar refractivity (Wildman–Crippen MR) is 113 cm³/mol. The minimum Gasteiger partial charge on any atom is -0.393 e. The molecule has 150 valence electrons. The lowest BCUT2D eigenvalue weighted by Crippen LogP contribution is -2.63. The van der Waals surface area contributed by atoms with Crippen LogP contribution in [0.5, 0.6) is 0 Å². The molecule has 0 saturated carbocycles. The maximum atomic E-state index is 13.0. The van der Waals surface area contributed by atoms with Gasteiger partial charge in [-0.3, -0.25) is 4.79 Å². The summed E-state index contributed by atoms with van der Waals surface area (Å²) in [6.07, 6.45) is -0.761. The molecule has 29 heavy (non-hydrogen) atoms. The summed E-state index contributed by atoms with van der Waals surface area (Å²) < 4.78 is 5.48. The molecule has 1 N–H and O–H groups in total. The number of carbonyl (C=O) groups is 2. The molecule has 1 fully saturated rings. The van der Waals surface area contributed by atoms with Crippen LogP contribution < -0.4 is 0 Å². The number of nitrogens with zero attached hydrogens (tertiary/aromatic N) is 1. The lowest BCUT2D eigenvalue weighted by Gasteiger charge is -2.46. The van der Waals surface area contributed by atoms with Crippen LogP contribution in [-0.2, 0) is 13.8 Å². The number of carbonyl (C=O) groups excluding carboxylic acids is 2. The lowest BCUT2D eigenvalue weighted by atomic mass is 9.79. The fourth-order valence-electron chi connectivity index (χ4n) is 3.86. The number of thioether (sulfide) groups is 1. The molecule has 2 aliphatic heterocycles. The van der Waals surface area contributed by atoms with Gasteiger partial charge in [-0.1, -0.05) is 55.1 Å². The van der Waals surface area contributed by atoms with Crippen LogP contribution in [-0.4, -0.2) is 34.0 Å². The van der Waals surface area contributed by atoms with Crippen molar-refractivity contribution in [1.82, 2.24) is 4.90 Å². The highest BCUT2D eigenvalue weighted by Crippen LogP contribution is 2.52. The van der Waals surface area contributed by atoms with Crippen LogP contribution in [0.2, 0.25) is 0 Å². The van der Waals surface area contributed by atoms with Crippen molar-refractivity contribution in [3.63, 3.8) is 0 Å². The molecule has 0 bridgehead atoms. The zero-order chi connectivity index (χ0) is 20.5. The Hall–Kier alpha value is -2.22. The molecule has 0 aliphatic carbocycles. The van der Waals surface area contributed by atoms with Crippen molar-refractivity contribution < 1.29 is 18.9 Å². The van der Waals surface area contributed by atoms with Crippen LogP contribution in [0.4, 0.5) is 0 Å². The Balaban J connectivity index is 1.63. The summed E-state index contributed by atoms with van der Waals surface area (Å²) in [4.78, 5) is 29.8. The van der Waals surface area contributed by atoms with Gasteiger partial charge in [-0.15, -0.1) is 0 Å². The molecule has 0 aromatic heterocycles. The first kappa shape index (κ1) is 20.1. The summed E-state index contributed by atoms with van der Waals surface area (Å²) >= 11 is 2.46. The highest BCUT2D eigenvalue weighted by atomic mass is 32.2. The van der Waals surface area contributed by atoms with Crippen molar-refractivity contribution in [2.24, 2.45) is 11.8 Å². The number of β-lactam (4-membered cyclic amide) rings is 1. The molecule has 2 aromatic rings.